The first-order valence-electron chi connectivity index (χ1n) is 10.6. The molecule has 30 heavy (non-hydrogen) atoms. The lowest BCUT2D eigenvalue weighted by Gasteiger charge is -2.45. The fraction of sp³-hybridized carbons (Fsp3) is 0.333. The van der Waals surface area contributed by atoms with Crippen LogP contribution in [0.1, 0.15) is 24.0 Å². The van der Waals surface area contributed by atoms with Crippen LogP contribution < -0.4 is 0 Å². The van der Waals surface area contributed by atoms with Crippen LogP contribution in [0.3, 0.4) is 0 Å². The van der Waals surface area contributed by atoms with Gasteiger partial charge in [0, 0.05) is 49.9 Å². The fourth-order valence-electron chi connectivity index (χ4n) is 4.54. The van der Waals surface area contributed by atoms with E-state index >= 15 is 0 Å². The molecule has 0 fully saturated rings. The lowest BCUT2D eigenvalue weighted by atomic mass is 9.99. The van der Waals surface area contributed by atoms with E-state index in [2.05, 4.69) is 28.0 Å². The van der Waals surface area contributed by atoms with Crippen molar-refractivity contribution >= 4 is 23.5 Å². The van der Waals surface area contributed by atoms with Crippen molar-refractivity contribution in [2.24, 2.45) is 4.99 Å². The van der Waals surface area contributed by atoms with Crippen molar-refractivity contribution in [3.05, 3.63) is 82.0 Å². The molecule has 0 unspecified atom stereocenters. The molecular weight excluding hydrogens is 396 g/mol. The van der Waals surface area contributed by atoms with Crippen molar-refractivity contribution in [3.8, 4) is 0 Å². The maximum absolute atomic E-state index is 13.6. The van der Waals surface area contributed by atoms with Crippen LogP contribution in [0.25, 0.3) is 0 Å². The van der Waals surface area contributed by atoms with E-state index in [0.717, 1.165) is 72.4 Å². The molecule has 3 aliphatic heterocycles. The Morgan fingerprint density at radius 1 is 0.967 bits per heavy atom. The summed E-state index contributed by atoms with van der Waals surface area (Å²) in [5.74, 6) is 0.919. The van der Waals surface area contributed by atoms with Crippen LogP contribution in [0.5, 0.6) is 0 Å². The highest BCUT2D eigenvalue weighted by molar-refractivity contribution is 6.31. The van der Waals surface area contributed by atoms with Crippen molar-refractivity contribution in [1.29, 1.82) is 0 Å². The smallest absolute Gasteiger partial charge is 0.259 e. The third-order valence-electron chi connectivity index (χ3n) is 6.04. The minimum atomic E-state index is 0.0922. The molecule has 3 heterocycles. The topological polar surface area (TPSA) is 39.2 Å². The number of benzene rings is 2. The highest BCUT2D eigenvalue weighted by Crippen LogP contribution is 2.32. The van der Waals surface area contributed by atoms with E-state index in [1.807, 2.05) is 41.3 Å². The van der Waals surface area contributed by atoms with E-state index in [1.165, 1.54) is 0 Å². The molecule has 5 nitrogen and oxygen atoms in total. The normalized spacial score (nSPS) is 19.5. The number of hydrogen-bond donors (Lipinski definition) is 0. The Labute approximate surface area is 182 Å². The molecule has 0 aliphatic carbocycles. The first-order valence-corrected chi connectivity index (χ1v) is 10.9. The molecule has 0 radical (unpaired) electrons. The SMILES string of the molecule is O=C1C2=C(CCN(Cc3ccccc3Cl)C2)N2CCCN=C2N1Cc1ccccc1. The molecule has 5 rings (SSSR count). The van der Waals surface area contributed by atoms with Crippen molar-refractivity contribution in [2.45, 2.75) is 25.9 Å². The van der Waals surface area contributed by atoms with E-state index in [4.69, 9.17) is 16.6 Å². The second-order valence-corrected chi connectivity index (χ2v) is 8.45. The van der Waals surface area contributed by atoms with Crippen LogP contribution in [0, 0.1) is 0 Å². The number of amides is 1. The number of aliphatic imine (C=N–C) groups is 1. The maximum atomic E-state index is 13.6. The lowest BCUT2D eigenvalue weighted by Crippen LogP contribution is -2.56. The minimum Gasteiger partial charge on any atom is -0.315 e. The largest absolute Gasteiger partial charge is 0.315 e. The zero-order valence-corrected chi connectivity index (χ0v) is 17.7. The molecule has 2 aromatic rings. The molecule has 154 valence electrons. The number of halogens is 1. The highest BCUT2D eigenvalue weighted by Gasteiger charge is 2.40. The Bertz CT molecular complexity index is 1020. The third-order valence-corrected chi connectivity index (χ3v) is 6.40. The molecule has 0 aromatic heterocycles. The van der Waals surface area contributed by atoms with Gasteiger partial charge in [0.25, 0.3) is 5.91 Å². The monoisotopic (exact) mass is 420 g/mol. The fourth-order valence-corrected chi connectivity index (χ4v) is 4.74. The average Bonchev–Trinajstić information content (AvgIpc) is 2.79. The molecule has 2 aromatic carbocycles. The number of hydrogen-bond acceptors (Lipinski definition) is 4. The van der Waals surface area contributed by atoms with Crippen LogP contribution >= 0.6 is 11.6 Å². The number of nitrogens with zero attached hydrogens (tertiary/aromatic N) is 4. The standard InChI is InChI=1S/C24H25ClN4O/c25-21-10-5-4-9-19(21)16-27-14-11-22-20(17-27)23(30)29(15-18-7-2-1-3-8-18)24-26-12-6-13-28(22)24/h1-5,7-10H,6,11-17H2. The molecule has 0 atom stereocenters. The van der Waals surface area contributed by atoms with E-state index in [-0.39, 0.29) is 5.91 Å². The van der Waals surface area contributed by atoms with Gasteiger partial charge in [0.15, 0.2) is 0 Å². The van der Waals surface area contributed by atoms with Crippen LogP contribution in [-0.2, 0) is 17.9 Å². The van der Waals surface area contributed by atoms with Crippen LogP contribution in [0.15, 0.2) is 70.9 Å². The Kier molecular flexibility index (Phi) is 5.32. The van der Waals surface area contributed by atoms with Gasteiger partial charge >= 0.3 is 0 Å². The first-order chi connectivity index (χ1) is 14.7. The summed E-state index contributed by atoms with van der Waals surface area (Å²) >= 11 is 6.38. The molecular formula is C24H25ClN4O. The molecule has 0 bridgehead atoms. The second-order valence-electron chi connectivity index (χ2n) is 8.04. The Balaban J connectivity index is 1.43. The van der Waals surface area contributed by atoms with Crippen molar-refractivity contribution < 1.29 is 4.79 Å². The summed E-state index contributed by atoms with van der Waals surface area (Å²) in [6.07, 6.45) is 1.89. The Hall–Kier alpha value is -2.63. The third kappa shape index (κ3) is 3.64. The van der Waals surface area contributed by atoms with Crippen LogP contribution in [-0.4, -0.2) is 52.7 Å². The van der Waals surface area contributed by atoms with Gasteiger partial charge in [-0.25, -0.2) is 0 Å². The van der Waals surface area contributed by atoms with Gasteiger partial charge in [0.1, 0.15) is 0 Å². The number of rotatable bonds is 4. The summed E-state index contributed by atoms with van der Waals surface area (Å²) in [5, 5.41) is 0.781. The van der Waals surface area contributed by atoms with Gasteiger partial charge in [-0.05, 0) is 23.6 Å². The van der Waals surface area contributed by atoms with Gasteiger partial charge < -0.3 is 4.90 Å². The predicted octanol–water partition coefficient (Wildman–Crippen LogP) is 3.90. The van der Waals surface area contributed by atoms with Gasteiger partial charge in [-0.1, -0.05) is 60.1 Å². The quantitative estimate of drug-likeness (QED) is 0.752. The summed E-state index contributed by atoms with van der Waals surface area (Å²) < 4.78 is 0. The number of carbonyl (C=O) groups excluding carboxylic acids is 1. The molecule has 1 amide bonds. The summed E-state index contributed by atoms with van der Waals surface area (Å²) in [4.78, 5) is 24.8. The summed E-state index contributed by atoms with van der Waals surface area (Å²) in [6.45, 7) is 4.58. The summed E-state index contributed by atoms with van der Waals surface area (Å²) in [6, 6.07) is 18.1. The number of guanidine groups is 1. The van der Waals surface area contributed by atoms with E-state index in [9.17, 15) is 4.79 Å². The Morgan fingerprint density at radius 3 is 2.60 bits per heavy atom. The maximum Gasteiger partial charge on any atom is 0.259 e. The van der Waals surface area contributed by atoms with Crippen molar-refractivity contribution in [3.63, 3.8) is 0 Å². The number of carbonyl (C=O) groups is 1. The first kappa shape index (κ1) is 19.3. The Morgan fingerprint density at radius 2 is 1.77 bits per heavy atom. The molecule has 0 spiro atoms. The van der Waals surface area contributed by atoms with Gasteiger partial charge in [-0.3, -0.25) is 19.6 Å². The molecule has 0 N–H and O–H groups in total. The van der Waals surface area contributed by atoms with Crippen molar-refractivity contribution in [1.82, 2.24) is 14.7 Å². The summed E-state index contributed by atoms with van der Waals surface area (Å²) in [7, 11) is 0. The van der Waals surface area contributed by atoms with Gasteiger partial charge in [-0.2, -0.15) is 0 Å². The van der Waals surface area contributed by atoms with Crippen LogP contribution in [0.2, 0.25) is 5.02 Å². The second kappa shape index (κ2) is 8.25. The zero-order chi connectivity index (χ0) is 20.5. The molecule has 3 aliphatic rings. The molecule has 0 saturated carbocycles. The number of fused-ring (bicyclic) bond motifs is 2. The average molecular weight is 421 g/mol. The molecule has 6 heteroatoms. The van der Waals surface area contributed by atoms with Crippen molar-refractivity contribution in [2.75, 3.05) is 26.2 Å². The van der Waals surface area contributed by atoms with Crippen LogP contribution in [0.4, 0.5) is 0 Å². The van der Waals surface area contributed by atoms with Gasteiger partial charge in [0.05, 0.1) is 12.1 Å². The van der Waals surface area contributed by atoms with Gasteiger partial charge in [0.2, 0.25) is 5.96 Å². The van der Waals surface area contributed by atoms with E-state index < -0.39 is 0 Å². The highest BCUT2D eigenvalue weighted by atomic mass is 35.5. The minimum absolute atomic E-state index is 0.0922. The predicted molar refractivity (Wildman–Crippen MR) is 119 cm³/mol. The van der Waals surface area contributed by atoms with E-state index in [1.54, 1.807) is 0 Å². The lowest BCUT2D eigenvalue weighted by molar-refractivity contribution is -0.125. The van der Waals surface area contributed by atoms with Gasteiger partial charge in [-0.15, -0.1) is 0 Å². The molecule has 0 saturated heterocycles. The zero-order valence-electron chi connectivity index (χ0n) is 16.9. The summed E-state index contributed by atoms with van der Waals surface area (Å²) in [5.41, 5.74) is 4.29. The van der Waals surface area contributed by atoms with E-state index in [0.29, 0.717) is 13.1 Å².